The Balaban J connectivity index is 1.40. The predicted molar refractivity (Wildman–Crippen MR) is 120 cm³/mol. The first-order valence-electron chi connectivity index (χ1n) is 10.3. The van der Waals surface area contributed by atoms with Crippen LogP contribution in [0.5, 0.6) is 17.2 Å². The normalized spacial score (nSPS) is 13.1. The molecule has 0 atom stereocenters. The van der Waals surface area contributed by atoms with Gasteiger partial charge in [-0.05, 0) is 55.2 Å². The molecule has 1 heterocycles. The van der Waals surface area contributed by atoms with Gasteiger partial charge in [-0.2, -0.15) is 5.10 Å². The van der Waals surface area contributed by atoms with E-state index in [2.05, 4.69) is 20.5 Å². The number of aromatic nitrogens is 2. The second kappa shape index (κ2) is 9.91. The van der Waals surface area contributed by atoms with E-state index in [1.807, 2.05) is 24.3 Å². The van der Waals surface area contributed by atoms with Crippen molar-refractivity contribution in [1.29, 1.82) is 0 Å². The van der Waals surface area contributed by atoms with Gasteiger partial charge in [-0.25, -0.2) is 10.4 Å². The second-order valence-corrected chi connectivity index (χ2v) is 7.41. The lowest BCUT2D eigenvalue weighted by Gasteiger charge is -2.07. The average Bonchev–Trinajstić information content (AvgIpc) is 3.67. The minimum Gasteiger partial charge on any atom is -0.497 e. The third-order valence-electron chi connectivity index (χ3n) is 4.95. The first kappa shape index (κ1) is 21.3. The predicted octanol–water partition coefficient (Wildman–Crippen LogP) is 3.71. The largest absolute Gasteiger partial charge is 0.497 e. The standard InChI is InChI=1S/C24H24N4O4/c1-30-20-9-17(10-21(11-20)31-2)12-26-28-24(29)23-14-25-13-22(27-23)18-5-7-19(8-6-18)32-15-16-3-4-16/h5-14,16H,3-4,15H2,1-2H3,(H,28,29). The zero-order chi connectivity index (χ0) is 22.3. The van der Waals surface area contributed by atoms with Crippen molar-refractivity contribution in [3.63, 3.8) is 0 Å². The zero-order valence-corrected chi connectivity index (χ0v) is 17.9. The van der Waals surface area contributed by atoms with Crippen molar-refractivity contribution in [2.24, 2.45) is 11.0 Å². The molecule has 1 fully saturated rings. The maximum absolute atomic E-state index is 12.5. The molecule has 0 unspecified atom stereocenters. The van der Waals surface area contributed by atoms with E-state index in [0.717, 1.165) is 17.9 Å². The quantitative estimate of drug-likeness (QED) is 0.409. The van der Waals surface area contributed by atoms with Crippen LogP contribution in [0.15, 0.2) is 60.0 Å². The SMILES string of the molecule is COc1cc(C=NNC(=O)c2cncc(-c3ccc(OCC4CC4)cc3)n2)cc(OC)c1. The topological polar surface area (TPSA) is 94.9 Å². The molecule has 8 nitrogen and oxygen atoms in total. The van der Waals surface area contributed by atoms with Gasteiger partial charge in [-0.15, -0.1) is 0 Å². The molecule has 0 aliphatic heterocycles. The minimum absolute atomic E-state index is 0.164. The fourth-order valence-electron chi connectivity index (χ4n) is 2.96. The van der Waals surface area contributed by atoms with Crippen molar-refractivity contribution in [2.75, 3.05) is 20.8 Å². The van der Waals surface area contributed by atoms with Crippen molar-refractivity contribution in [2.45, 2.75) is 12.8 Å². The summed E-state index contributed by atoms with van der Waals surface area (Å²) >= 11 is 0. The number of carbonyl (C=O) groups is 1. The van der Waals surface area contributed by atoms with Crippen LogP contribution in [0, 0.1) is 5.92 Å². The number of methoxy groups -OCH3 is 2. The molecule has 8 heteroatoms. The van der Waals surface area contributed by atoms with Crippen molar-refractivity contribution < 1.29 is 19.0 Å². The third-order valence-corrected chi connectivity index (χ3v) is 4.95. The van der Waals surface area contributed by atoms with Gasteiger partial charge in [0.05, 0.1) is 45.1 Å². The molecule has 32 heavy (non-hydrogen) atoms. The van der Waals surface area contributed by atoms with E-state index in [1.165, 1.54) is 25.3 Å². The Morgan fingerprint density at radius 3 is 2.44 bits per heavy atom. The summed E-state index contributed by atoms with van der Waals surface area (Å²) in [5, 5.41) is 4.00. The lowest BCUT2D eigenvalue weighted by molar-refractivity contribution is 0.0950. The third kappa shape index (κ3) is 5.60. The highest BCUT2D eigenvalue weighted by molar-refractivity contribution is 5.93. The molecule has 0 radical (unpaired) electrons. The number of benzene rings is 2. The molecule has 4 rings (SSSR count). The summed E-state index contributed by atoms with van der Waals surface area (Å²) in [6.07, 6.45) is 7.01. The lowest BCUT2D eigenvalue weighted by Crippen LogP contribution is -2.19. The van der Waals surface area contributed by atoms with Gasteiger partial charge in [0.2, 0.25) is 0 Å². The molecule has 0 bridgehead atoms. The minimum atomic E-state index is -0.463. The van der Waals surface area contributed by atoms with Crippen LogP contribution in [0.4, 0.5) is 0 Å². The van der Waals surface area contributed by atoms with Crippen LogP contribution in [-0.4, -0.2) is 42.9 Å². The van der Waals surface area contributed by atoms with Crippen molar-refractivity contribution in [3.8, 4) is 28.5 Å². The van der Waals surface area contributed by atoms with Gasteiger partial charge in [-0.1, -0.05) is 0 Å². The van der Waals surface area contributed by atoms with Crippen LogP contribution in [0.1, 0.15) is 28.9 Å². The van der Waals surface area contributed by atoms with Gasteiger partial charge >= 0.3 is 0 Å². The maximum Gasteiger partial charge on any atom is 0.291 e. The smallest absolute Gasteiger partial charge is 0.291 e. The maximum atomic E-state index is 12.5. The van der Waals surface area contributed by atoms with Crippen LogP contribution >= 0.6 is 0 Å². The molecule has 1 saturated carbocycles. The van der Waals surface area contributed by atoms with E-state index in [1.54, 1.807) is 38.6 Å². The Kier molecular flexibility index (Phi) is 6.60. The van der Waals surface area contributed by atoms with E-state index in [0.29, 0.717) is 28.7 Å². The number of nitrogens with one attached hydrogen (secondary N) is 1. The highest BCUT2D eigenvalue weighted by Gasteiger charge is 2.21. The van der Waals surface area contributed by atoms with Crippen LogP contribution in [0.3, 0.4) is 0 Å². The van der Waals surface area contributed by atoms with Crippen LogP contribution in [0.25, 0.3) is 11.3 Å². The number of hydrogen-bond donors (Lipinski definition) is 1. The number of ether oxygens (including phenoxy) is 3. The lowest BCUT2D eigenvalue weighted by atomic mass is 10.1. The number of rotatable bonds is 9. The zero-order valence-electron chi connectivity index (χ0n) is 17.9. The van der Waals surface area contributed by atoms with E-state index < -0.39 is 5.91 Å². The number of hydrazone groups is 1. The van der Waals surface area contributed by atoms with Crippen molar-refractivity contribution >= 4 is 12.1 Å². The molecular weight excluding hydrogens is 408 g/mol. The van der Waals surface area contributed by atoms with Gasteiger partial charge in [0.25, 0.3) is 5.91 Å². The van der Waals surface area contributed by atoms with Crippen molar-refractivity contribution in [1.82, 2.24) is 15.4 Å². The summed E-state index contributed by atoms with van der Waals surface area (Å²) in [5.41, 5.74) is 4.78. The molecule has 3 aromatic rings. The average molecular weight is 432 g/mol. The second-order valence-electron chi connectivity index (χ2n) is 7.41. The van der Waals surface area contributed by atoms with Gasteiger partial charge in [0, 0.05) is 17.2 Å². The fourth-order valence-corrected chi connectivity index (χ4v) is 2.96. The van der Waals surface area contributed by atoms with E-state index >= 15 is 0 Å². The first-order valence-corrected chi connectivity index (χ1v) is 10.3. The Labute approximate surface area is 186 Å². The highest BCUT2D eigenvalue weighted by Crippen LogP contribution is 2.30. The molecule has 1 amide bonds. The number of carbonyl (C=O) groups excluding carboxylic acids is 1. The molecule has 0 saturated heterocycles. The Morgan fingerprint density at radius 1 is 1.06 bits per heavy atom. The van der Waals surface area contributed by atoms with Crippen LogP contribution in [0.2, 0.25) is 0 Å². The monoisotopic (exact) mass is 432 g/mol. The van der Waals surface area contributed by atoms with Gasteiger partial charge in [0.15, 0.2) is 0 Å². The summed E-state index contributed by atoms with van der Waals surface area (Å²) in [5.74, 6) is 2.31. The summed E-state index contributed by atoms with van der Waals surface area (Å²) < 4.78 is 16.2. The Hall–Kier alpha value is -3.94. The highest BCUT2D eigenvalue weighted by atomic mass is 16.5. The van der Waals surface area contributed by atoms with E-state index in [4.69, 9.17) is 14.2 Å². The number of nitrogens with zero attached hydrogens (tertiary/aromatic N) is 3. The fraction of sp³-hybridized carbons (Fsp3) is 0.250. The molecule has 1 aliphatic rings. The molecule has 0 spiro atoms. The van der Waals surface area contributed by atoms with Gasteiger partial charge < -0.3 is 14.2 Å². The molecule has 1 aromatic heterocycles. The molecule has 164 valence electrons. The molecule has 2 aromatic carbocycles. The Morgan fingerprint density at radius 2 is 1.78 bits per heavy atom. The van der Waals surface area contributed by atoms with E-state index in [-0.39, 0.29) is 5.69 Å². The summed E-state index contributed by atoms with van der Waals surface area (Å²) in [7, 11) is 3.13. The summed E-state index contributed by atoms with van der Waals surface area (Å²) in [6.45, 7) is 0.762. The van der Waals surface area contributed by atoms with Gasteiger partial charge in [0.1, 0.15) is 22.9 Å². The van der Waals surface area contributed by atoms with Crippen LogP contribution in [-0.2, 0) is 0 Å². The molecule has 1 N–H and O–H groups in total. The van der Waals surface area contributed by atoms with Crippen LogP contribution < -0.4 is 19.6 Å². The molecule has 1 aliphatic carbocycles. The number of hydrogen-bond acceptors (Lipinski definition) is 7. The Bertz CT molecular complexity index is 1090. The number of amides is 1. The van der Waals surface area contributed by atoms with E-state index in [9.17, 15) is 4.79 Å². The summed E-state index contributed by atoms with van der Waals surface area (Å²) in [6, 6.07) is 12.9. The molecular formula is C24H24N4O4. The first-order chi connectivity index (χ1) is 15.6. The summed E-state index contributed by atoms with van der Waals surface area (Å²) in [4.78, 5) is 21.0. The van der Waals surface area contributed by atoms with Gasteiger partial charge in [-0.3, -0.25) is 9.78 Å². The van der Waals surface area contributed by atoms with Crippen molar-refractivity contribution in [3.05, 3.63) is 66.1 Å².